The second-order valence-corrected chi connectivity index (χ2v) is 6.34. The van der Waals surface area contributed by atoms with E-state index in [0.717, 1.165) is 25.7 Å². The van der Waals surface area contributed by atoms with E-state index in [0.29, 0.717) is 11.4 Å². The van der Waals surface area contributed by atoms with Gasteiger partial charge in [0, 0.05) is 25.5 Å². The molecule has 1 heterocycles. The van der Waals surface area contributed by atoms with Crippen molar-refractivity contribution >= 4 is 6.03 Å². The molecule has 1 aliphatic carbocycles. The SMILES string of the molecule is Cn1ccnc1[C@H](NC(=O)NC1CCCCC1)c1cccc(F)c1. The van der Waals surface area contributed by atoms with Gasteiger partial charge < -0.3 is 15.2 Å². The van der Waals surface area contributed by atoms with E-state index in [1.165, 1.54) is 18.6 Å². The Morgan fingerprint density at radius 2 is 2.12 bits per heavy atom. The van der Waals surface area contributed by atoms with Crippen LogP contribution in [0.2, 0.25) is 0 Å². The first-order valence-corrected chi connectivity index (χ1v) is 8.43. The van der Waals surface area contributed by atoms with Gasteiger partial charge in [-0.2, -0.15) is 0 Å². The summed E-state index contributed by atoms with van der Waals surface area (Å²) in [6.45, 7) is 0. The lowest BCUT2D eigenvalue weighted by Crippen LogP contribution is -2.44. The Morgan fingerprint density at radius 1 is 1.33 bits per heavy atom. The molecule has 0 bridgehead atoms. The van der Waals surface area contributed by atoms with Gasteiger partial charge in [-0.05, 0) is 30.5 Å². The molecular weight excluding hydrogens is 307 g/mol. The van der Waals surface area contributed by atoms with E-state index >= 15 is 0 Å². The minimum Gasteiger partial charge on any atom is -0.336 e. The number of nitrogens with zero attached hydrogens (tertiary/aromatic N) is 2. The number of imidazole rings is 1. The lowest BCUT2D eigenvalue weighted by Gasteiger charge is -2.25. The summed E-state index contributed by atoms with van der Waals surface area (Å²) < 4.78 is 15.5. The van der Waals surface area contributed by atoms with Crippen LogP contribution >= 0.6 is 0 Å². The number of carbonyl (C=O) groups is 1. The summed E-state index contributed by atoms with van der Waals surface area (Å²) in [4.78, 5) is 16.8. The second-order valence-electron chi connectivity index (χ2n) is 6.34. The summed E-state index contributed by atoms with van der Waals surface area (Å²) in [7, 11) is 1.86. The highest BCUT2D eigenvalue weighted by atomic mass is 19.1. The molecule has 3 rings (SSSR count). The number of amides is 2. The first-order chi connectivity index (χ1) is 11.6. The van der Waals surface area contributed by atoms with Crippen LogP contribution < -0.4 is 10.6 Å². The van der Waals surface area contributed by atoms with Crippen LogP contribution in [0.5, 0.6) is 0 Å². The molecule has 1 fully saturated rings. The zero-order valence-corrected chi connectivity index (χ0v) is 13.8. The monoisotopic (exact) mass is 330 g/mol. The molecule has 1 atom stereocenters. The average Bonchev–Trinajstić information content (AvgIpc) is 2.99. The second kappa shape index (κ2) is 7.47. The number of urea groups is 1. The molecule has 0 radical (unpaired) electrons. The Hall–Kier alpha value is -2.37. The zero-order chi connectivity index (χ0) is 16.9. The standard InChI is InChI=1S/C18H23FN4O/c1-23-11-10-20-17(23)16(13-6-5-7-14(19)12-13)22-18(24)21-15-8-3-2-4-9-15/h5-7,10-12,15-16H,2-4,8-9H2,1H3,(H2,21,22,24)/t16-/m1/s1. The number of rotatable bonds is 4. The van der Waals surface area contributed by atoms with Crippen LogP contribution in [-0.4, -0.2) is 21.6 Å². The van der Waals surface area contributed by atoms with Gasteiger partial charge in [0.1, 0.15) is 17.7 Å². The molecule has 2 aromatic rings. The highest BCUT2D eigenvalue weighted by Crippen LogP contribution is 2.22. The zero-order valence-electron chi connectivity index (χ0n) is 13.8. The van der Waals surface area contributed by atoms with Crippen LogP contribution in [0.4, 0.5) is 9.18 Å². The predicted molar refractivity (Wildman–Crippen MR) is 90.0 cm³/mol. The van der Waals surface area contributed by atoms with Crippen molar-refractivity contribution < 1.29 is 9.18 Å². The van der Waals surface area contributed by atoms with Crippen molar-refractivity contribution in [2.45, 2.75) is 44.2 Å². The number of hydrogen-bond acceptors (Lipinski definition) is 2. The van der Waals surface area contributed by atoms with Crippen LogP contribution in [0, 0.1) is 5.82 Å². The van der Waals surface area contributed by atoms with Crippen molar-refractivity contribution in [3.63, 3.8) is 0 Å². The molecule has 24 heavy (non-hydrogen) atoms. The van der Waals surface area contributed by atoms with Crippen LogP contribution in [0.25, 0.3) is 0 Å². The van der Waals surface area contributed by atoms with Gasteiger partial charge in [0.05, 0.1) is 0 Å². The van der Waals surface area contributed by atoms with Crippen molar-refractivity contribution in [3.8, 4) is 0 Å². The molecule has 0 saturated heterocycles. The van der Waals surface area contributed by atoms with Gasteiger partial charge in [-0.15, -0.1) is 0 Å². The Bertz CT molecular complexity index is 694. The summed E-state index contributed by atoms with van der Waals surface area (Å²) >= 11 is 0. The lowest BCUT2D eigenvalue weighted by molar-refractivity contribution is 0.230. The fourth-order valence-electron chi connectivity index (χ4n) is 3.24. The van der Waals surface area contributed by atoms with E-state index in [1.807, 2.05) is 17.8 Å². The Kier molecular flexibility index (Phi) is 5.13. The van der Waals surface area contributed by atoms with Crippen molar-refractivity contribution in [2.75, 3.05) is 0 Å². The molecule has 0 spiro atoms. The molecule has 1 aromatic heterocycles. The number of carbonyl (C=O) groups excluding carboxylic acids is 1. The van der Waals surface area contributed by atoms with Gasteiger partial charge in [0.2, 0.25) is 0 Å². The number of hydrogen-bond donors (Lipinski definition) is 2. The number of aryl methyl sites for hydroxylation is 1. The maximum atomic E-state index is 13.6. The molecule has 0 aliphatic heterocycles. The van der Waals surface area contributed by atoms with E-state index in [1.54, 1.807) is 18.3 Å². The average molecular weight is 330 g/mol. The van der Waals surface area contributed by atoms with Gasteiger partial charge in [0.25, 0.3) is 0 Å². The molecule has 1 aromatic carbocycles. The quantitative estimate of drug-likeness (QED) is 0.904. The number of aromatic nitrogens is 2. The summed E-state index contributed by atoms with van der Waals surface area (Å²) in [5, 5.41) is 5.99. The summed E-state index contributed by atoms with van der Waals surface area (Å²) in [6.07, 6.45) is 9.04. The first-order valence-electron chi connectivity index (χ1n) is 8.43. The van der Waals surface area contributed by atoms with Crippen LogP contribution in [0.3, 0.4) is 0 Å². The molecule has 2 N–H and O–H groups in total. The highest BCUT2D eigenvalue weighted by molar-refractivity contribution is 5.75. The van der Waals surface area contributed by atoms with Crippen LogP contribution in [0.1, 0.15) is 49.5 Å². The summed E-state index contributed by atoms with van der Waals surface area (Å²) in [5.41, 5.74) is 0.670. The molecule has 1 saturated carbocycles. The van der Waals surface area contributed by atoms with Gasteiger partial charge in [0.15, 0.2) is 0 Å². The number of halogens is 1. The van der Waals surface area contributed by atoms with Gasteiger partial charge in [-0.25, -0.2) is 14.2 Å². The third-order valence-corrected chi connectivity index (χ3v) is 4.51. The van der Waals surface area contributed by atoms with Crippen molar-refractivity contribution in [1.29, 1.82) is 0 Å². The van der Waals surface area contributed by atoms with Crippen molar-refractivity contribution in [3.05, 3.63) is 53.9 Å². The van der Waals surface area contributed by atoms with Crippen LogP contribution in [0.15, 0.2) is 36.7 Å². The Morgan fingerprint density at radius 3 is 2.79 bits per heavy atom. The minimum atomic E-state index is -0.496. The number of nitrogens with one attached hydrogen (secondary N) is 2. The molecular formula is C18H23FN4O. The third kappa shape index (κ3) is 3.93. The molecule has 2 amide bonds. The Balaban J connectivity index is 1.77. The van der Waals surface area contributed by atoms with Gasteiger partial charge >= 0.3 is 6.03 Å². The lowest BCUT2D eigenvalue weighted by atomic mass is 9.96. The van der Waals surface area contributed by atoms with E-state index in [-0.39, 0.29) is 17.9 Å². The normalized spacial score (nSPS) is 16.6. The van der Waals surface area contributed by atoms with Gasteiger partial charge in [-0.3, -0.25) is 0 Å². The minimum absolute atomic E-state index is 0.216. The van der Waals surface area contributed by atoms with Gasteiger partial charge in [-0.1, -0.05) is 31.4 Å². The topological polar surface area (TPSA) is 59.0 Å². The maximum Gasteiger partial charge on any atom is 0.315 e. The molecule has 6 heteroatoms. The summed E-state index contributed by atoms with van der Waals surface area (Å²) in [6, 6.07) is 5.74. The van der Waals surface area contributed by atoms with E-state index in [9.17, 15) is 9.18 Å². The fourth-order valence-corrected chi connectivity index (χ4v) is 3.24. The molecule has 128 valence electrons. The largest absolute Gasteiger partial charge is 0.336 e. The molecule has 1 aliphatic rings. The molecule has 5 nitrogen and oxygen atoms in total. The maximum absolute atomic E-state index is 13.6. The number of benzene rings is 1. The van der Waals surface area contributed by atoms with E-state index < -0.39 is 6.04 Å². The van der Waals surface area contributed by atoms with Crippen molar-refractivity contribution in [1.82, 2.24) is 20.2 Å². The molecule has 0 unspecified atom stereocenters. The summed E-state index contributed by atoms with van der Waals surface area (Å²) in [5.74, 6) is 0.334. The predicted octanol–water partition coefficient (Wildman–Crippen LogP) is 3.28. The highest BCUT2D eigenvalue weighted by Gasteiger charge is 2.23. The van der Waals surface area contributed by atoms with E-state index in [2.05, 4.69) is 15.6 Å². The Labute approximate surface area is 141 Å². The smallest absolute Gasteiger partial charge is 0.315 e. The van der Waals surface area contributed by atoms with Crippen molar-refractivity contribution in [2.24, 2.45) is 7.05 Å². The first kappa shape index (κ1) is 16.5. The fraction of sp³-hybridized carbons (Fsp3) is 0.444. The van der Waals surface area contributed by atoms with E-state index in [4.69, 9.17) is 0 Å². The van der Waals surface area contributed by atoms with Crippen LogP contribution in [-0.2, 0) is 7.05 Å². The third-order valence-electron chi connectivity index (χ3n) is 4.51.